The molecule has 2 aromatic carbocycles. The quantitative estimate of drug-likeness (QED) is 0.720. The third-order valence-electron chi connectivity index (χ3n) is 4.31. The number of aromatic nitrogens is 2. The Morgan fingerprint density at radius 3 is 2.48 bits per heavy atom. The minimum atomic E-state index is -0.195. The maximum absolute atomic E-state index is 12.5. The highest BCUT2D eigenvalue weighted by atomic mass is 16.2. The minimum Gasteiger partial charge on any atom is -0.340 e. The molecular weight excluding hydrogens is 314 g/mol. The van der Waals surface area contributed by atoms with Crippen molar-refractivity contribution in [3.8, 4) is 0 Å². The minimum absolute atomic E-state index is 0.0137. The predicted molar refractivity (Wildman–Crippen MR) is 98.3 cm³/mol. The maximum atomic E-state index is 12.5. The Labute approximate surface area is 146 Å². The van der Waals surface area contributed by atoms with Crippen molar-refractivity contribution < 1.29 is 4.79 Å². The number of fused-ring (bicyclic) bond motifs is 1. The van der Waals surface area contributed by atoms with Gasteiger partial charge in [0.05, 0.1) is 17.2 Å². The Hall–Kier alpha value is -2.95. The summed E-state index contributed by atoms with van der Waals surface area (Å²) < 4.78 is 1.36. The summed E-state index contributed by atoms with van der Waals surface area (Å²) in [6.07, 6.45) is 2.43. The number of hydrogen-bond acceptors (Lipinski definition) is 3. The van der Waals surface area contributed by atoms with E-state index in [4.69, 9.17) is 0 Å². The highest BCUT2D eigenvalue weighted by Crippen LogP contribution is 2.08. The highest BCUT2D eigenvalue weighted by molar-refractivity contribution is 5.78. The fourth-order valence-electron chi connectivity index (χ4n) is 2.73. The summed E-state index contributed by atoms with van der Waals surface area (Å²) in [7, 11) is 1.75. The molecule has 128 valence electrons. The lowest BCUT2D eigenvalue weighted by molar-refractivity contribution is -0.131. The number of rotatable bonds is 5. The second-order valence-electron chi connectivity index (χ2n) is 6.11. The maximum Gasteiger partial charge on any atom is 0.261 e. The molecule has 5 heteroatoms. The zero-order valence-corrected chi connectivity index (χ0v) is 14.5. The van der Waals surface area contributed by atoms with E-state index in [1.807, 2.05) is 18.2 Å². The van der Waals surface area contributed by atoms with Gasteiger partial charge in [-0.05, 0) is 29.7 Å². The number of hydrogen-bond donors (Lipinski definition) is 0. The molecular formula is C20H21N3O2. The van der Waals surface area contributed by atoms with Crippen LogP contribution < -0.4 is 5.56 Å². The Morgan fingerprint density at radius 2 is 1.76 bits per heavy atom. The van der Waals surface area contributed by atoms with Gasteiger partial charge in [-0.15, -0.1) is 0 Å². The molecule has 5 nitrogen and oxygen atoms in total. The van der Waals surface area contributed by atoms with Crippen LogP contribution in [-0.2, 0) is 24.3 Å². The first-order valence-electron chi connectivity index (χ1n) is 8.34. The fourth-order valence-corrected chi connectivity index (χ4v) is 2.73. The number of amides is 1. The number of likely N-dealkylation sites (N-methyl/N-ethyl adjacent to an activating group) is 1. The average molecular weight is 335 g/mol. The van der Waals surface area contributed by atoms with Gasteiger partial charge in [0.25, 0.3) is 5.56 Å². The first-order chi connectivity index (χ1) is 12.1. The van der Waals surface area contributed by atoms with E-state index in [0.29, 0.717) is 17.4 Å². The van der Waals surface area contributed by atoms with Crippen LogP contribution in [0.5, 0.6) is 0 Å². The SMILES string of the molecule is CCc1ccc(CN(C)C(=O)Cn2cnc3ccccc3c2=O)cc1. The number of carbonyl (C=O) groups is 1. The van der Waals surface area contributed by atoms with Crippen molar-refractivity contribution in [3.05, 3.63) is 76.3 Å². The Kier molecular flexibility index (Phi) is 4.93. The molecule has 0 atom stereocenters. The van der Waals surface area contributed by atoms with Gasteiger partial charge in [0, 0.05) is 13.6 Å². The Morgan fingerprint density at radius 1 is 1.08 bits per heavy atom. The Balaban J connectivity index is 1.72. The van der Waals surface area contributed by atoms with Crippen LogP contribution in [0.4, 0.5) is 0 Å². The summed E-state index contributed by atoms with van der Waals surface area (Å²) >= 11 is 0. The van der Waals surface area contributed by atoms with Crippen LogP contribution in [0.2, 0.25) is 0 Å². The van der Waals surface area contributed by atoms with E-state index in [1.165, 1.54) is 16.5 Å². The van der Waals surface area contributed by atoms with E-state index in [1.54, 1.807) is 30.1 Å². The van der Waals surface area contributed by atoms with Crippen molar-refractivity contribution in [2.75, 3.05) is 7.05 Å². The zero-order chi connectivity index (χ0) is 17.8. The summed E-state index contributed by atoms with van der Waals surface area (Å²) in [5, 5.41) is 0.524. The van der Waals surface area contributed by atoms with Gasteiger partial charge >= 0.3 is 0 Å². The van der Waals surface area contributed by atoms with Crippen molar-refractivity contribution in [1.29, 1.82) is 0 Å². The zero-order valence-electron chi connectivity index (χ0n) is 14.5. The van der Waals surface area contributed by atoms with E-state index < -0.39 is 0 Å². The summed E-state index contributed by atoms with van der Waals surface area (Å²) in [5.74, 6) is -0.126. The van der Waals surface area contributed by atoms with Crippen molar-refractivity contribution in [3.63, 3.8) is 0 Å². The summed E-state index contributed by atoms with van der Waals surface area (Å²) in [6.45, 7) is 2.61. The number of aryl methyl sites for hydroxylation is 1. The molecule has 25 heavy (non-hydrogen) atoms. The van der Waals surface area contributed by atoms with Crippen molar-refractivity contribution in [2.24, 2.45) is 0 Å². The fraction of sp³-hybridized carbons (Fsp3) is 0.250. The van der Waals surface area contributed by atoms with E-state index in [9.17, 15) is 9.59 Å². The molecule has 0 N–H and O–H groups in total. The van der Waals surface area contributed by atoms with Crippen LogP contribution in [0.25, 0.3) is 10.9 Å². The van der Waals surface area contributed by atoms with E-state index >= 15 is 0 Å². The first kappa shape index (κ1) is 16.9. The van der Waals surface area contributed by atoms with Crippen molar-refractivity contribution in [1.82, 2.24) is 14.5 Å². The first-order valence-corrected chi connectivity index (χ1v) is 8.34. The number of benzene rings is 2. The Bertz CT molecular complexity index is 945. The van der Waals surface area contributed by atoms with Gasteiger partial charge in [-0.2, -0.15) is 0 Å². The molecule has 3 aromatic rings. The van der Waals surface area contributed by atoms with Gasteiger partial charge in [0.1, 0.15) is 6.54 Å². The van der Waals surface area contributed by atoms with Crippen molar-refractivity contribution >= 4 is 16.8 Å². The van der Waals surface area contributed by atoms with Crippen LogP contribution in [0.1, 0.15) is 18.1 Å². The molecule has 0 spiro atoms. The highest BCUT2D eigenvalue weighted by Gasteiger charge is 2.12. The normalized spacial score (nSPS) is 10.8. The molecule has 0 aliphatic rings. The second kappa shape index (κ2) is 7.30. The third-order valence-corrected chi connectivity index (χ3v) is 4.31. The van der Waals surface area contributed by atoms with Gasteiger partial charge in [0.15, 0.2) is 0 Å². The lowest BCUT2D eigenvalue weighted by Crippen LogP contribution is -2.33. The molecule has 1 heterocycles. The molecule has 0 saturated heterocycles. The molecule has 3 rings (SSSR count). The third kappa shape index (κ3) is 3.76. The van der Waals surface area contributed by atoms with Gasteiger partial charge in [-0.25, -0.2) is 4.98 Å². The lowest BCUT2D eigenvalue weighted by Gasteiger charge is -2.18. The molecule has 0 bridgehead atoms. The predicted octanol–water partition coefficient (Wildman–Crippen LogP) is 2.62. The van der Waals surface area contributed by atoms with Crippen LogP contribution in [0, 0.1) is 0 Å². The van der Waals surface area contributed by atoms with Gasteiger partial charge in [-0.1, -0.05) is 43.3 Å². The molecule has 0 saturated carbocycles. The molecule has 1 amide bonds. The number of para-hydroxylation sites is 1. The van der Waals surface area contributed by atoms with Crippen LogP contribution in [-0.4, -0.2) is 27.4 Å². The summed E-state index contributed by atoms with van der Waals surface area (Å²) in [5.41, 5.74) is 2.78. The second-order valence-corrected chi connectivity index (χ2v) is 6.11. The van der Waals surface area contributed by atoms with Gasteiger partial charge < -0.3 is 4.90 Å². The van der Waals surface area contributed by atoms with Gasteiger partial charge in [0.2, 0.25) is 5.91 Å². The monoisotopic (exact) mass is 335 g/mol. The molecule has 0 aliphatic heterocycles. The van der Waals surface area contributed by atoms with Crippen LogP contribution in [0.3, 0.4) is 0 Å². The smallest absolute Gasteiger partial charge is 0.261 e. The van der Waals surface area contributed by atoms with Crippen LogP contribution in [0.15, 0.2) is 59.7 Å². The molecule has 1 aromatic heterocycles. The molecule has 0 unspecified atom stereocenters. The van der Waals surface area contributed by atoms with E-state index in [-0.39, 0.29) is 18.0 Å². The standard InChI is InChI=1S/C20H21N3O2/c1-3-15-8-10-16(11-9-15)12-22(2)19(24)13-23-14-21-18-7-5-4-6-17(18)20(23)25/h4-11,14H,3,12-13H2,1-2H3. The topological polar surface area (TPSA) is 55.2 Å². The van der Waals surface area contributed by atoms with Crippen LogP contribution >= 0.6 is 0 Å². The summed E-state index contributed by atoms with van der Waals surface area (Å²) in [6, 6.07) is 15.4. The summed E-state index contributed by atoms with van der Waals surface area (Å²) in [4.78, 5) is 30.8. The lowest BCUT2D eigenvalue weighted by atomic mass is 10.1. The molecule has 0 fully saturated rings. The number of carbonyl (C=O) groups excluding carboxylic acids is 1. The largest absolute Gasteiger partial charge is 0.340 e. The molecule has 0 radical (unpaired) electrons. The number of nitrogens with zero attached hydrogens (tertiary/aromatic N) is 3. The van der Waals surface area contributed by atoms with Gasteiger partial charge in [-0.3, -0.25) is 14.2 Å². The van der Waals surface area contributed by atoms with E-state index in [2.05, 4.69) is 24.0 Å². The van der Waals surface area contributed by atoms with E-state index in [0.717, 1.165) is 12.0 Å². The molecule has 0 aliphatic carbocycles. The van der Waals surface area contributed by atoms with Crippen molar-refractivity contribution in [2.45, 2.75) is 26.4 Å². The average Bonchev–Trinajstić information content (AvgIpc) is 2.64.